The Morgan fingerprint density at radius 1 is 1.58 bits per heavy atom. The second-order valence-corrected chi connectivity index (χ2v) is 4.39. The van der Waals surface area contributed by atoms with Crippen LogP contribution in [0.1, 0.15) is 13.3 Å². The van der Waals surface area contributed by atoms with Crippen LogP contribution in [0, 0.1) is 0 Å². The van der Waals surface area contributed by atoms with Gasteiger partial charge in [-0.15, -0.1) is 0 Å². The first-order chi connectivity index (χ1) is 9.15. The Morgan fingerprint density at radius 2 is 2.37 bits per heavy atom. The summed E-state index contributed by atoms with van der Waals surface area (Å²) in [6, 6.07) is 1.68. The zero-order valence-corrected chi connectivity index (χ0v) is 11.6. The van der Waals surface area contributed by atoms with Gasteiger partial charge in [-0.25, -0.2) is 0 Å². The second-order valence-electron chi connectivity index (χ2n) is 4.00. The van der Waals surface area contributed by atoms with Crippen LogP contribution < -0.4 is 10.2 Å². The number of carbonyl (C=O) groups is 1. The van der Waals surface area contributed by atoms with Crippen molar-refractivity contribution < 1.29 is 4.79 Å². The minimum atomic E-state index is -0.0744. The normalized spacial score (nSPS) is 10.7. The fraction of sp³-hybridized carbons (Fsp3) is 0.455. The van der Waals surface area contributed by atoms with Crippen LogP contribution >= 0.6 is 11.6 Å². The number of hydrogen-bond acceptors (Lipinski definition) is 5. The van der Waals surface area contributed by atoms with E-state index >= 15 is 0 Å². The summed E-state index contributed by atoms with van der Waals surface area (Å²) in [6.07, 6.45) is 2.30. The number of carbonyl (C=O) groups excluding carboxylic acids is 1. The Bertz CT molecular complexity index is 584. The molecule has 0 aliphatic heterocycles. The SMILES string of the molecule is CCCN(CC(=O)NC)c1cc(Cl)nc2ncnn12. The summed E-state index contributed by atoms with van der Waals surface area (Å²) in [4.78, 5) is 21.6. The zero-order valence-electron chi connectivity index (χ0n) is 10.8. The van der Waals surface area contributed by atoms with Gasteiger partial charge >= 0.3 is 0 Å². The average molecular weight is 283 g/mol. The van der Waals surface area contributed by atoms with Gasteiger partial charge in [-0.3, -0.25) is 4.79 Å². The van der Waals surface area contributed by atoms with Crippen LogP contribution in [0.2, 0.25) is 5.15 Å². The maximum Gasteiger partial charge on any atom is 0.255 e. The number of nitrogens with one attached hydrogen (secondary N) is 1. The van der Waals surface area contributed by atoms with Gasteiger partial charge in [0.15, 0.2) is 0 Å². The molecule has 0 aromatic carbocycles. The maximum atomic E-state index is 11.6. The number of rotatable bonds is 5. The van der Waals surface area contributed by atoms with E-state index in [1.165, 1.54) is 6.33 Å². The van der Waals surface area contributed by atoms with Gasteiger partial charge in [-0.05, 0) is 6.42 Å². The number of anilines is 1. The van der Waals surface area contributed by atoms with Gasteiger partial charge in [0, 0.05) is 19.7 Å². The lowest BCUT2D eigenvalue weighted by Gasteiger charge is -2.23. The fourth-order valence-electron chi connectivity index (χ4n) is 1.79. The Hall–Kier alpha value is -1.89. The molecule has 0 saturated heterocycles. The molecule has 0 saturated carbocycles. The zero-order chi connectivity index (χ0) is 13.8. The highest BCUT2D eigenvalue weighted by molar-refractivity contribution is 6.29. The molecule has 0 atom stereocenters. The predicted molar refractivity (Wildman–Crippen MR) is 72.4 cm³/mol. The first kappa shape index (κ1) is 13.5. The molecule has 2 aromatic rings. The molecule has 7 nitrogen and oxygen atoms in total. The number of halogens is 1. The van der Waals surface area contributed by atoms with Crippen LogP contribution in [0.4, 0.5) is 5.82 Å². The van der Waals surface area contributed by atoms with E-state index < -0.39 is 0 Å². The fourth-order valence-corrected chi connectivity index (χ4v) is 1.96. The van der Waals surface area contributed by atoms with E-state index in [-0.39, 0.29) is 12.5 Å². The number of fused-ring (bicyclic) bond motifs is 1. The minimum Gasteiger partial charge on any atom is -0.358 e. The lowest BCUT2D eigenvalue weighted by molar-refractivity contribution is -0.119. The molecular formula is C11H15ClN6O. The van der Waals surface area contributed by atoms with Gasteiger partial charge in [0.1, 0.15) is 17.3 Å². The smallest absolute Gasteiger partial charge is 0.255 e. The second kappa shape index (κ2) is 5.83. The van der Waals surface area contributed by atoms with E-state index in [2.05, 4.69) is 20.4 Å². The number of likely N-dealkylation sites (N-methyl/N-ethyl adjacent to an activating group) is 1. The highest BCUT2D eigenvalue weighted by Gasteiger charge is 2.15. The third-order valence-electron chi connectivity index (χ3n) is 2.63. The van der Waals surface area contributed by atoms with Crippen molar-refractivity contribution in [3.8, 4) is 0 Å². The predicted octanol–water partition coefficient (Wildman–Crippen LogP) is 0.740. The van der Waals surface area contributed by atoms with Crippen LogP contribution in [0.25, 0.3) is 5.78 Å². The summed E-state index contributed by atoms with van der Waals surface area (Å²) < 4.78 is 1.57. The molecule has 102 valence electrons. The van der Waals surface area contributed by atoms with Crippen LogP contribution in [0.5, 0.6) is 0 Å². The molecule has 0 aliphatic rings. The monoisotopic (exact) mass is 282 g/mol. The third kappa shape index (κ3) is 2.93. The van der Waals surface area contributed by atoms with Gasteiger partial charge < -0.3 is 10.2 Å². The van der Waals surface area contributed by atoms with Crippen molar-refractivity contribution in [2.75, 3.05) is 25.0 Å². The van der Waals surface area contributed by atoms with E-state index in [0.29, 0.717) is 23.3 Å². The van der Waals surface area contributed by atoms with Gasteiger partial charge in [-0.1, -0.05) is 18.5 Å². The van der Waals surface area contributed by atoms with Crippen molar-refractivity contribution in [2.24, 2.45) is 0 Å². The Kier molecular flexibility index (Phi) is 4.16. The molecule has 1 amide bonds. The van der Waals surface area contributed by atoms with E-state index in [1.807, 2.05) is 11.8 Å². The molecule has 0 bridgehead atoms. The molecule has 0 aliphatic carbocycles. The molecule has 2 heterocycles. The summed E-state index contributed by atoms with van der Waals surface area (Å²) in [7, 11) is 1.61. The summed E-state index contributed by atoms with van der Waals surface area (Å²) in [6.45, 7) is 2.99. The maximum absolute atomic E-state index is 11.6. The van der Waals surface area contributed by atoms with E-state index in [0.717, 1.165) is 6.42 Å². The van der Waals surface area contributed by atoms with Gasteiger partial charge in [-0.2, -0.15) is 19.6 Å². The molecule has 0 radical (unpaired) electrons. The van der Waals surface area contributed by atoms with Crippen molar-refractivity contribution in [1.82, 2.24) is 24.9 Å². The van der Waals surface area contributed by atoms with E-state index in [4.69, 9.17) is 11.6 Å². The molecule has 19 heavy (non-hydrogen) atoms. The molecule has 0 fully saturated rings. The molecule has 8 heteroatoms. The standard InChI is InChI=1S/C11H15ClN6O/c1-3-4-17(6-9(19)13-2)10-5-8(12)16-11-14-7-15-18(10)11/h5,7H,3-4,6H2,1-2H3,(H,13,19). The molecule has 0 unspecified atom stereocenters. The Balaban J connectivity index is 2.42. The quantitative estimate of drug-likeness (QED) is 0.819. The lowest BCUT2D eigenvalue weighted by atomic mass is 10.3. The first-order valence-corrected chi connectivity index (χ1v) is 6.35. The van der Waals surface area contributed by atoms with Crippen molar-refractivity contribution in [2.45, 2.75) is 13.3 Å². The average Bonchev–Trinajstić information content (AvgIpc) is 2.85. The van der Waals surface area contributed by atoms with Gasteiger partial charge in [0.05, 0.1) is 6.54 Å². The Morgan fingerprint density at radius 3 is 3.05 bits per heavy atom. The molecule has 2 aromatic heterocycles. The van der Waals surface area contributed by atoms with Crippen LogP contribution in [0.3, 0.4) is 0 Å². The first-order valence-electron chi connectivity index (χ1n) is 5.97. The minimum absolute atomic E-state index is 0.0744. The molecular weight excluding hydrogens is 268 g/mol. The van der Waals surface area contributed by atoms with Crippen LogP contribution in [0.15, 0.2) is 12.4 Å². The van der Waals surface area contributed by atoms with Crippen molar-refractivity contribution in [3.05, 3.63) is 17.5 Å². The van der Waals surface area contributed by atoms with Crippen LogP contribution in [-0.2, 0) is 4.79 Å². The third-order valence-corrected chi connectivity index (χ3v) is 2.83. The van der Waals surface area contributed by atoms with Crippen molar-refractivity contribution in [3.63, 3.8) is 0 Å². The highest BCUT2D eigenvalue weighted by Crippen LogP contribution is 2.19. The largest absolute Gasteiger partial charge is 0.358 e. The summed E-state index contributed by atoms with van der Waals surface area (Å²) in [5.74, 6) is 1.05. The van der Waals surface area contributed by atoms with Crippen molar-refractivity contribution in [1.29, 1.82) is 0 Å². The van der Waals surface area contributed by atoms with Gasteiger partial charge in [0.25, 0.3) is 5.78 Å². The molecule has 1 N–H and O–H groups in total. The highest BCUT2D eigenvalue weighted by atomic mass is 35.5. The lowest BCUT2D eigenvalue weighted by Crippen LogP contribution is -2.37. The number of hydrogen-bond donors (Lipinski definition) is 1. The summed E-state index contributed by atoms with van der Waals surface area (Å²) >= 11 is 5.98. The van der Waals surface area contributed by atoms with Gasteiger partial charge in [0.2, 0.25) is 5.91 Å². The molecule has 0 spiro atoms. The topological polar surface area (TPSA) is 75.4 Å². The number of nitrogens with zero attached hydrogens (tertiary/aromatic N) is 5. The summed E-state index contributed by atoms with van der Waals surface area (Å²) in [5, 5.41) is 7.04. The van der Waals surface area contributed by atoms with E-state index in [9.17, 15) is 4.79 Å². The number of aromatic nitrogens is 4. The number of amides is 1. The van der Waals surface area contributed by atoms with Crippen molar-refractivity contribution >= 4 is 29.1 Å². The molecule has 2 rings (SSSR count). The summed E-state index contributed by atoms with van der Waals surface area (Å²) in [5.41, 5.74) is 0. The Labute approximate surface area is 115 Å². The van der Waals surface area contributed by atoms with Crippen LogP contribution in [-0.4, -0.2) is 45.6 Å². The van der Waals surface area contributed by atoms with E-state index in [1.54, 1.807) is 17.6 Å².